The molecule has 4 heterocycles. The number of aromatic nitrogens is 4. The van der Waals surface area contributed by atoms with Crippen LogP contribution in [0.25, 0.3) is 16.5 Å². The highest BCUT2D eigenvalue weighted by Gasteiger charge is 2.37. The third-order valence-electron chi connectivity index (χ3n) is 7.18. The van der Waals surface area contributed by atoms with Crippen LogP contribution in [0, 0.1) is 5.92 Å². The number of rotatable bonds is 6. The fourth-order valence-electron chi connectivity index (χ4n) is 5.16. The Morgan fingerprint density at radius 3 is 2.66 bits per heavy atom. The number of nitrogens with two attached hydrogens (primary N) is 1. The molecule has 0 aromatic carbocycles. The molecule has 0 radical (unpaired) electrons. The monoisotopic (exact) mass is 485 g/mol. The van der Waals surface area contributed by atoms with Crippen LogP contribution in [-0.4, -0.2) is 46.1 Å². The van der Waals surface area contributed by atoms with Crippen LogP contribution in [0.15, 0.2) is 24.5 Å². The number of H-pyrrole nitrogens is 1. The number of hydrogen-bond acceptors (Lipinski definition) is 6. The smallest absolute Gasteiger partial charge is 0.385 e. The average molecular weight is 486 g/mol. The molecule has 3 aromatic rings. The summed E-state index contributed by atoms with van der Waals surface area (Å²) in [7, 11) is 1.94. The van der Waals surface area contributed by atoms with Crippen LogP contribution in [0.4, 0.5) is 24.8 Å². The van der Waals surface area contributed by atoms with Gasteiger partial charge in [-0.3, -0.25) is 4.98 Å². The first kappa shape index (κ1) is 23.6. The molecule has 2 unspecified atom stereocenters. The molecule has 35 heavy (non-hydrogen) atoms. The molecule has 186 valence electrons. The molecule has 1 aliphatic carbocycles. The van der Waals surface area contributed by atoms with E-state index in [0.29, 0.717) is 28.8 Å². The number of halogens is 3. The average Bonchev–Trinajstić information content (AvgIpc) is 3.50. The third-order valence-corrected chi connectivity index (χ3v) is 7.18. The minimum absolute atomic E-state index is 0.0663. The molecule has 7 nitrogen and oxygen atoms in total. The zero-order chi connectivity index (χ0) is 24.9. The number of anilines is 2. The summed E-state index contributed by atoms with van der Waals surface area (Å²) < 4.78 is 40.0. The van der Waals surface area contributed by atoms with Gasteiger partial charge in [0.25, 0.3) is 0 Å². The molecule has 10 heteroatoms. The van der Waals surface area contributed by atoms with Gasteiger partial charge in [-0.2, -0.15) is 13.2 Å². The van der Waals surface area contributed by atoms with Crippen molar-refractivity contribution in [3.8, 4) is 0 Å². The highest BCUT2D eigenvalue weighted by Crippen LogP contribution is 2.46. The summed E-state index contributed by atoms with van der Waals surface area (Å²) in [5.41, 5.74) is 7.62. The van der Waals surface area contributed by atoms with Crippen LogP contribution in [0.5, 0.6) is 0 Å². The Labute approximate surface area is 202 Å². The van der Waals surface area contributed by atoms with E-state index in [1.807, 2.05) is 13.2 Å². The van der Waals surface area contributed by atoms with E-state index in [9.17, 15) is 13.2 Å². The van der Waals surface area contributed by atoms with Gasteiger partial charge in [-0.05, 0) is 56.7 Å². The van der Waals surface area contributed by atoms with Gasteiger partial charge in [-0.1, -0.05) is 13.0 Å². The van der Waals surface area contributed by atoms with E-state index in [1.165, 1.54) is 0 Å². The Morgan fingerprint density at radius 1 is 1.26 bits per heavy atom. The molecular formula is C25H30F3N7. The fraction of sp³-hybridized carbons (Fsp3) is 0.480. The Morgan fingerprint density at radius 2 is 2.03 bits per heavy atom. The summed E-state index contributed by atoms with van der Waals surface area (Å²) in [5.74, 6) is 2.01. The largest absolute Gasteiger partial charge is 0.431 e. The predicted molar refractivity (Wildman–Crippen MR) is 131 cm³/mol. The van der Waals surface area contributed by atoms with Gasteiger partial charge in [0.1, 0.15) is 17.3 Å². The van der Waals surface area contributed by atoms with Crippen molar-refractivity contribution >= 4 is 28.1 Å². The van der Waals surface area contributed by atoms with Gasteiger partial charge >= 0.3 is 6.18 Å². The Hall–Kier alpha value is -3.14. The predicted octanol–water partition coefficient (Wildman–Crippen LogP) is 4.72. The summed E-state index contributed by atoms with van der Waals surface area (Å²) in [6.45, 7) is 5.65. The highest BCUT2D eigenvalue weighted by molar-refractivity contribution is 5.95. The van der Waals surface area contributed by atoms with Crippen molar-refractivity contribution in [2.75, 3.05) is 30.8 Å². The quantitative estimate of drug-likeness (QED) is 0.468. The molecule has 2 atom stereocenters. The summed E-state index contributed by atoms with van der Waals surface area (Å²) in [6, 6.07) is 1.27. The number of allylic oxidation sites excluding steroid dienone is 1. The van der Waals surface area contributed by atoms with Crippen molar-refractivity contribution in [3.63, 3.8) is 0 Å². The van der Waals surface area contributed by atoms with Gasteiger partial charge in [-0.25, -0.2) is 9.97 Å². The molecule has 0 spiro atoms. The molecule has 0 amide bonds. The normalized spacial score (nSPS) is 21.3. The first-order valence-electron chi connectivity index (χ1n) is 12.0. The van der Waals surface area contributed by atoms with E-state index in [0.717, 1.165) is 55.2 Å². The molecule has 1 aliphatic heterocycles. The Balaban J connectivity index is 1.70. The van der Waals surface area contributed by atoms with Crippen LogP contribution in [-0.2, 0) is 6.18 Å². The van der Waals surface area contributed by atoms with Crippen LogP contribution >= 0.6 is 0 Å². The molecule has 1 saturated heterocycles. The maximum Gasteiger partial charge on any atom is 0.431 e. The van der Waals surface area contributed by atoms with Crippen LogP contribution < -0.4 is 16.0 Å². The van der Waals surface area contributed by atoms with E-state index < -0.39 is 11.9 Å². The molecule has 1 saturated carbocycles. The van der Waals surface area contributed by atoms with Gasteiger partial charge in [0, 0.05) is 41.9 Å². The summed E-state index contributed by atoms with van der Waals surface area (Å²) in [5, 5.41) is 4.30. The lowest BCUT2D eigenvalue weighted by Gasteiger charge is -2.29. The molecule has 4 N–H and O–H groups in total. The number of nitrogens with zero attached hydrogens (tertiary/aromatic N) is 4. The maximum absolute atomic E-state index is 13.3. The minimum Gasteiger partial charge on any atom is -0.385 e. The second kappa shape index (κ2) is 8.82. The molecule has 0 bridgehead atoms. The van der Waals surface area contributed by atoms with E-state index in [4.69, 9.17) is 15.7 Å². The Bertz CT molecular complexity index is 1280. The van der Waals surface area contributed by atoms with Crippen LogP contribution in [0.1, 0.15) is 61.7 Å². The van der Waals surface area contributed by atoms with Gasteiger partial charge in [-0.15, -0.1) is 0 Å². The molecule has 5 rings (SSSR count). The lowest BCUT2D eigenvalue weighted by molar-refractivity contribution is -0.140. The first-order chi connectivity index (χ1) is 16.7. The van der Waals surface area contributed by atoms with Crippen LogP contribution in [0.2, 0.25) is 0 Å². The van der Waals surface area contributed by atoms with Gasteiger partial charge < -0.3 is 20.9 Å². The van der Waals surface area contributed by atoms with E-state index in [2.05, 4.69) is 27.1 Å². The zero-order valence-corrected chi connectivity index (χ0v) is 20.1. The van der Waals surface area contributed by atoms with E-state index in [-0.39, 0.29) is 17.4 Å². The minimum atomic E-state index is -4.53. The van der Waals surface area contributed by atoms with Gasteiger partial charge in [0.15, 0.2) is 5.82 Å². The number of fused-ring (bicyclic) bond motifs is 1. The number of nitrogen functional groups attached to an aromatic ring is 1. The summed E-state index contributed by atoms with van der Waals surface area (Å²) in [4.78, 5) is 18.9. The molecule has 3 aromatic heterocycles. The number of likely N-dealkylation sites (N-methyl/N-ethyl adjacent to an activating group) is 1. The van der Waals surface area contributed by atoms with Crippen molar-refractivity contribution in [3.05, 3.63) is 47.2 Å². The summed E-state index contributed by atoms with van der Waals surface area (Å²) >= 11 is 0. The molecule has 2 aliphatic rings. The van der Waals surface area contributed by atoms with Gasteiger partial charge in [0.05, 0.1) is 11.7 Å². The number of hydrogen-bond donors (Lipinski definition) is 3. The van der Waals surface area contributed by atoms with Crippen molar-refractivity contribution in [1.82, 2.24) is 25.3 Å². The number of aromatic amines is 1. The lowest BCUT2D eigenvalue weighted by atomic mass is 10.0. The van der Waals surface area contributed by atoms with Gasteiger partial charge in [0.2, 0.25) is 0 Å². The summed E-state index contributed by atoms with van der Waals surface area (Å²) in [6.07, 6.45) is 4.06. The maximum atomic E-state index is 13.3. The van der Waals surface area contributed by atoms with E-state index in [1.54, 1.807) is 19.2 Å². The van der Waals surface area contributed by atoms with Crippen molar-refractivity contribution in [2.45, 2.75) is 51.2 Å². The topological polar surface area (TPSA) is 95.8 Å². The lowest BCUT2D eigenvalue weighted by Crippen LogP contribution is -2.40. The van der Waals surface area contributed by atoms with Crippen LogP contribution in [0.3, 0.4) is 0 Å². The van der Waals surface area contributed by atoms with E-state index >= 15 is 0 Å². The van der Waals surface area contributed by atoms with Crippen molar-refractivity contribution in [2.24, 2.45) is 5.92 Å². The second-order valence-corrected chi connectivity index (χ2v) is 9.56. The number of nitrogens with one attached hydrogen (secondary N) is 2. The fourth-order valence-corrected chi connectivity index (χ4v) is 5.16. The standard InChI is InChI=1S/C25H30F3N7/c1-4-15(16-9-20(25(26,27)28)33-22(16)29)23-32-18-11-31-10-17(14-5-6-14)21(18)24(34-23)35-8-7-13(2)19(35)12-30-3/h4,9-11,13-14,19,30,33H,5-8,12,29H2,1-3H3/b15-4+. The zero-order valence-electron chi connectivity index (χ0n) is 20.1. The van der Waals surface area contributed by atoms with Crippen molar-refractivity contribution in [1.29, 1.82) is 0 Å². The SMILES string of the molecule is C/C=C(/c1nc(N2CCC(C)C2CNC)c2c(C3CC3)cncc2n1)c1cc(C(F)(F)F)[nH]c1N. The Kier molecular flexibility index (Phi) is 5.94. The molecule has 2 fully saturated rings. The number of pyridine rings is 1. The third kappa shape index (κ3) is 4.24. The first-order valence-corrected chi connectivity index (χ1v) is 12.0. The van der Waals surface area contributed by atoms with Crippen molar-refractivity contribution < 1.29 is 13.2 Å². The molecular weight excluding hydrogens is 455 g/mol. The second-order valence-electron chi connectivity index (χ2n) is 9.56. The number of alkyl halides is 3. The highest BCUT2D eigenvalue weighted by atomic mass is 19.4.